The minimum atomic E-state index is -0.614. The first kappa shape index (κ1) is 28.5. The Hall–Kier alpha value is -3.05. The number of carbonyl (C=O) groups is 2. The first-order chi connectivity index (χ1) is 17.5. The zero-order valence-corrected chi connectivity index (χ0v) is 23.8. The van der Waals surface area contributed by atoms with E-state index in [1.165, 1.54) is 16.7 Å². The van der Waals surface area contributed by atoms with Crippen molar-refractivity contribution in [3.63, 3.8) is 0 Å². The molecule has 0 aliphatic heterocycles. The molecule has 3 aromatic carbocycles. The van der Waals surface area contributed by atoms with Crippen molar-refractivity contribution in [2.75, 3.05) is 5.75 Å². The predicted molar refractivity (Wildman–Crippen MR) is 156 cm³/mol. The highest BCUT2D eigenvalue weighted by Gasteiger charge is 2.32. The molecule has 0 aromatic heterocycles. The Labute approximate surface area is 226 Å². The standard InChI is InChI=1S/C32H40N2O2S/c1-23-11-10-14-27(16-23)20-34(30(35)22-37-21-28-17-24(2)15-25(3)18-28)29(31(36)33-32(4,5)6)19-26-12-8-7-9-13-26/h7-18,29H,19-22H2,1-6H3,(H,33,36)/t29-/m1/s1. The Balaban J connectivity index is 1.87. The summed E-state index contributed by atoms with van der Waals surface area (Å²) in [4.78, 5) is 29.2. The van der Waals surface area contributed by atoms with Gasteiger partial charge in [-0.2, -0.15) is 0 Å². The molecule has 5 heteroatoms. The summed E-state index contributed by atoms with van der Waals surface area (Å²) in [6, 6.07) is 24.0. The fourth-order valence-corrected chi connectivity index (χ4v) is 5.35. The van der Waals surface area contributed by atoms with Crippen molar-refractivity contribution in [1.29, 1.82) is 0 Å². The highest BCUT2D eigenvalue weighted by molar-refractivity contribution is 7.99. The smallest absolute Gasteiger partial charge is 0.243 e. The van der Waals surface area contributed by atoms with Crippen molar-refractivity contribution >= 4 is 23.6 Å². The van der Waals surface area contributed by atoms with Crippen molar-refractivity contribution in [2.45, 2.75) is 71.8 Å². The van der Waals surface area contributed by atoms with Crippen molar-refractivity contribution in [2.24, 2.45) is 0 Å². The molecule has 37 heavy (non-hydrogen) atoms. The van der Waals surface area contributed by atoms with Gasteiger partial charge in [-0.25, -0.2) is 0 Å². The van der Waals surface area contributed by atoms with Crippen LogP contribution in [-0.4, -0.2) is 34.0 Å². The van der Waals surface area contributed by atoms with Crippen LogP contribution in [0.3, 0.4) is 0 Å². The highest BCUT2D eigenvalue weighted by Crippen LogP contribution is 2.20. The fraction of sp³-hybridized carbons (Fsp3) is 0.375. The monoisotopic (exact) mass is 516 g/mol. The van der Waals surface area contributed by atoms with Crippen molar-refractivity contribution < 1.29 is 9.59 Å². The second-order valence-electron chi connectivity index (χ2n) is 10.9. The molecule has 0 spiro atoms. The van der Waals surface area contributed by atoms with Crippen molar-refractivity contribution in [1.82, 2.24) is 10.2 Å². The van der Waals surface area contributed by atoms with E-state index in [1.807, 2.05) is 76.2 Å². The lowest BCUT2D eigenvalue weighted by atomic mass is 10.0. The van der Waals surface area contributed by atoms with Gasteiger partial charge in [0.05, 0.1) is 5.75 Å². The molecule has 0 heterocycles. The Morgan fingerprint density at radius 3 is 2.05 bits per heavy atom. The Morgan fingerprint density at radius 2 is 1.43 bits per heavy atom. The Kier molecular flexibility index (Phi) is 9.99. The predicted octanol–water partition coefficient (Wildman–Crippen LogP) is 6.40. The number of hydrogen-bond donors (Lipinski definition) is 1. The molecule has 3 rings (SSSR count). The SMILES string of the molecule is Cc1cc(C)cc(CSCC(=O)N(Cc2cccc(C)c2)[C@H](Cc2ccccc2)C(=O)NC(C)(C)C)c1. The Bertz CT molecular complexity index is 1180. The molecule has 0 saturated heterocycles. The first-order valence-corrected chi connectivity index (χ1v) is 14.0. The molecule has 4 nitrogen and oxygen atoms in total. The molecule has 2 amide bonds. The summed E-state index contributed by atoms with van der Waals surface area (Å²) in [5.74, 6) is 0.911. The maximum atomic E-state index is 13.8. The maximum absolute atomic E-state index is 13.8. The summed E-state index contributed by atoms with van der Waals surface area (Å²) >= 11 is 1.60. The summed E-state index contributed by atoms with van der Waals surface area (Å²) in [7, 11) is 0. The van der Waals surface area contributed by atoms with Gasteiger partial charge in [0.15, 0.2) is 0 Å². The number of thioether (sulfide) groups is 1. The van der Waals surface area contributed by atoms with E-state index in [4.69, 9.17) is 0 Å². The normalized spacial score (nSPS) is 12.2. The number of aryl methyl sites for hydroxylation is 3. The molecule has 0 fully saturated rings. The summed E-state index contributed by atoms with van der Waals surface area (Å²) in [5, 5.41) is 3.13. The van der Waals surface area contributed by atoms with E-state index >= 15 is 0 Å². The van der Waals surface area contributed by atoms with Gasteiger partial charge in [0.25, 0.3) is 0 Å². The van der Waals surface area contributed by atoms with E-state index in [2.05, 4.69) is 43.4 Å². The number of benzene rings is 3. The number of hydrogen-bond acceptors (Lipinski definition) is 3. The average molecular weight is 517 g/mol. The number of nitrogens with zero attached hydrogens (tertiary/aromatic N) is 1. The largest absolute Gasteiger partial charge is 0.350 e. The summed E-state index contributed by atoms with van der Waals surface area (Å²) < 4.78 is 0. The molecule has 0 aliphatic carbocycles. The minimum Gasteiger partial charge on any atom is -0.350 e. The van der Waals surface area contributed by atoms with Gasteiger partial charge in [0.2, 0.25) is 11.8 Å². The summed E-state index contributed by atoms with van der Waals surface area (Å²) in [5.41, 5.74) is 6.45. The third-order valence-corrected chi connectivity index (χ3v) is 6.97. The van der Waals surface area contributed by atoms with Crippen LogP contribution in [0.25, 0.3) is 0 Å². The summed E-state index contributed by atoms with van der Waals surface area (Å²) in [6.45, 7) is 12.5. The van der Waals surface area contributed by atoms with E-state index in [9.17, 15) is 9.59 Å². The van der Waals surface area contributed by atoms with Gasteiger partial charge in [0, 0.05) is 24.3 Å². The van der Waals surface area contributed by atoms with E-state index in [1.54, 1.807) is 16.7 Å². The van der Waals surface area contributed by atoms with Crippen LogP contribution in [-0.2, 0) is 28.3 Å². The topological polar surface area (TPSA) is 49.4 Å². The average Bonchev–Trinajstić information content (AvgIpc) is 2.80. The van der Waals surface area contributed by atoms with Crippen molar-refractivity contribution in [3.8, 4) is 0 Å². The molecule has 3 aromatic rings. The molecule has 0 aliphatic rings. The van der Waals surface area contributed by atoms with Crippen molar-refractivity contribution in [3.05, 3.63) is 106 Å². The maximum Gasteiger partial charge on any atom is 0.243 e. The molecule has 1 atom stereocenters. The molecule has 196 valence electrons. The highest BCUT2D eigenvalue weighted by atomic mass is 32.2. The van der Waals surface area contributed by atoms with Crippen LogP contribution < -0.4 is 5.32 Å². The van der Waals surface area contributed by atoms with Gasteiger partial charge in [-0.05, 0) is 58.2 Å². The van der Waals surface area contributed by atoms with Gasteiger partial charge in [-0.3, -0.25) is 9.59 Å². The molecule has 0 saturated carbocycles. The molecular formula is C32H40N2O2S. The van der Waals surface area contributed by atoms with Gasteiger partial charge >= 0.3 is 0 Å². The van der Waals surface area contributed by atoms with Gasteiger partial charge in [0.1, 0.15) is 6.04 Å². The van der Waals surface area contributed by atoms with E-state index in [-0.39, 0.29) is 11.8 Å². The number of amides is 2. The molecule has 0 bridgehead atoms. The molecule has 1 N–H and O–H groups in total. The quantitative estimate of drug-likeness (QED) is 0.339. The van der Waals surface area contributed by atoms with Gasteiger partial charge in [-0.1, -0.05) is 89.5 Å². The lowest BCUT2D eigenvalue weighted by Crippen LogP contribution is -2.54. The Morgan fingerprint density at radius 1 is 0.811 bits per heavy atom. The second kappa shape index (κ2) is 13.0. The van der Waals surface area contributed by atoms with E-state index < -0.39 is 11.6 Å². The third kappa shape index (κ3) is 9.40. The fourth-order valence-electron chi connectivity index (χ4n) is 4.51. The van der Waals surface area contributed by atoms with Crippen LogP contribution >= 0.6 is 11.8 Å². The number of rotatable bonds is 10. The van der Waals surface area contributed by atoms with Gasteiger partial charge < -0.3 is 10.2 Å². The molecule has 0 unspecified atom stereocenters. The van der Waals surface area contributed by atoms with Crippen LogP contribution in [0.15, 0.2) is 72.8 Å². The minimum absolute atomic E-state index is 0.0270. The van der Waals surface area contributed by atoms with Crippen LogP contribution in [0.5, 0.6) is 0 Å². The van der Waals surface area contributed by atoms with Crippen LogP contribution in [0.4, 0.5) is 0 Å². The second-order valence-corrected chi connectivity index (χ2v) is 11.9. The van der Waals surface area contributed by atoms with Crippen LogP contribution in [0.1, 0.15) is 54.2 Å². The van der Waals surface area contributed by atoms with Crippen LogP contribution in [0.2, 0.25) is 0 Å². The molecule has 0 radical (unpaired) electrons. The first-order valence-electron chi connectivity index (χ1n) is 12.9. The lowest BCUT2D eigenvalue weighted by molar-refractivity contribution is -0.140. The number of carbonyl (C=O) groups excluding carboxylic acids is 2. The number of nitrogens with one attached hydrogen (secondary N) is 1. The zero-order valence-electron chi connectivity index (χ0n) is 23.0. The van der Waals surface area contributed by atoms with E-state index in [0.717, 1.165) is 22.4 Å². The third-order valence-electron chi connectivity index (χ3n) is 5.98. The van der Waals surface area contributed by atoms with Gasteiger partial charge in [-0.15, -0.1) is 11.8 Å². The van der Waals surface area contributed by atoms with E-state index in [0.29, 0.717) is 18.7 Å². The van der Waals surface area contributed by atoms with Crippen LogP contribution in [0, 0.1) is 20.8 Å². The lowest BCUT2D eigenvalue weighted by Gasteiger charge is -2.34. The summed E-state index contributed by atoms with van der Waals surface area (Å²) in [6.07, 6.45) is 0.460. The molecular weight excluding hydrogens is 476 g/mol. The zero-order chi connectivity index (χ0) is 27.0.